The van der Waals surface area contributed by atoms with Crippen LogP contribution in [0.5, 0.6) is 0 Å². The molecular weight excluding hydrogens is 300 g/mol. The first-order valence-corrected chi connectivity index (χ1v) is 10.2. The molecule has 4 aliphatic rings. The van der Waals surface area contributed by atoms with Crippen LogP contribution in [0.4, 0.5) is 0 Å². The fourth-order valence-electron chi connectivity index (χ4n) is 7.88. The molecule has 9 atom stereocenters. The lowest BCUT2D eigenvalue weighted by atomic mass is 9.44. The van der Waals surface area contributed by atoms with Crippen LogP contribution in [0.25, 0.3) is 0 Å². The zero-order valence-corrected chi connectivity index (χ0v) is 15.5. The molecule has 0 aliphatic heterocycles. The average molecular weight is 335 g/mol. The highest BCUT2D eigenvalue weighted by Gasteiger charge is 2.63. The van der Waals surface area contributed by atoms with Crippen LogP contribution in [-0.4, -0.2) is 28.2 Å². The summed E-state index contributed by atoms with van der Waals surface area (Å²) in [7, 11) is 0. The van der Waals surface area contributed by atoms with Gasteiger partial charge in [0.25, 0.3) is 0 Å². The lowest BCUT2D eigenvalue weighted by molar-refractivity contribution is -0.163. The van der Waals surface area contributed by atoms with E-state index in [1.54, 1.807) is 0 Å². The molecule has 0 radical (unpaired) electrons. The highest BCUT2D eigenvalue weighted by atomic mass is 16.3. The van der Waals surface area contributed by atoms with Crippen LogP contribution >= 0.6 is 0 Å². The number of aliphatic hydroxyl groups excluding tert-OH is 2. The summed E-state index contributed by atoms with van der Waals surface area (Å²) in [6.07, 6.45) is 7.56. The van der Waals surface area contributed by atoms with Crippen molar-refractivity contribution < 1.29 is 15.0 Å². The summed E-state index contributed by atoms with van der Waals surface area (Å²) in [5, 5.41) is 20.4. The van der Waals surface area contributed by atoms with Gasteiger partial charge in [0, 0.05) is 12.3 Å². The van der Waals surface area contributed by atoms with E-state index in [2.05, 4.69) is 13.8 Å². The summed E-state index contributed by atoms with van der Waals surface area (Å²) in [6, 6.07) is 0. The molecule has 3 heteroatoms. The van der Waals surface area contributed by atoms with Crippen LogP contribution in [0, 0.1) is 40.4 Å². The molecule has 24 heavy (non-hydrogen) atoms. The first-order valence-electron chi connectivity index (χ1n) is 10.2. The van der Waals surface area contributed by atoms with Gasteiger partial charge in [-0.2, -0.15) is 0 Å². The van der Waals surface area contributed by atoms with Crippen LogP contribution in [0.1, 0.15) is 72.1 Å². The number of hydrogen-bond donors (Lipinski definition) is 2. The Morgan fingerprint density at radius 3 is 2.54 bits per heavy atom. The summed E-state index contributed by atoms with van der Waals surface area (Å²) >= 11 is 0. The molecule has 3 nitrogen and oxygen atoms in total. The normalized spacial score (nSPS) is 55.5. The van der Waals surface area contributed by atoms with Crippen LogP contribution in [-0.2, 0) is 4.79 Å². The number of aliphatic hydroxyl groups is 2. The molecule has 136 valence electrons. The summed E-state index contributed by atoms with van der Waals surface area (Å²) in [6.45, 7) is 6.55. The number of fused-ring (bicyclic) bond motifs is 5. The van der Waals surface area contributed by atoms with Gasteiger partial charge in [-0.3, -0.25) is 4.79 Å². The maximum Gasteiger partial charge on any atom is 0.137 e. The van der Waals surface area contributed by atoms with Gasteiger partial charge in [-0.25, -0.2) is 0 Å². The maximum atomic E-state index is 13.3. The molecule has 0 aromatic carbocycles. The largest absolute Gasteiger partial charge is 0.393 e. The molecule has 0 heterocycles. The fraction of sp³-hybridized carbons (Fsp3) is 0.952. The van der Waals surface area contributed by atoms with Gasteiger partial charge in [0.1, 0.15) is 5.78 Å². The molecule has 4 aliphatic carbocycles. The van der Waals surface area contributed by atoms with Crippen molar-refractivity contribution >= 4 is 5.78 Å². The Morgan fingerprint density at radius 2 is 1.83 bits per heavy atom. The zero-order chi connectivity index (χ0) is 17.3. The molecule has 2 N–H and O–H groups in total. The molecule has 0 aromatic heterocycles. The molecule has 4 rings (SSSR count). The van der Waals surface area contributed by atoms with Crippen molar-refractivity contribution in [3.8, 4) is 0 Å². The Hall–Kier alpha value is -0.410. The Labute approximate surface area is 146 Å². The number of ketones is 1. The highest BCUT2D eigenvalue weighted by molar-refractivity contribution is 5.84. The second-order valence-corrected chi connectivity index (χ2v) is 10.0. The van der Waals surface area contributed by atoms with Crippen molar-refractivity contribution in [2.75, 3.05) is 0 Å². The first-order chi connectivity index (χ1) is 11.3. The summed E-state index contributed by atoms with van der Waals surface area (Å²) in [4.78, 5) is 13.3. The van der Waals surface area contributed by atoms with Crippen molar-refractivity contribution in [2.45, 2.75) is 84.3 Å². The molecule has 0 amide bonds. The zero-order valence-electron chi connectivity index (χ0n) is 15.5. The minimum absolute atomic E-state index is 0.00376. The second kappa shape index (κ2) is 5.54. The topological polar surface area (TPSA) is 57.5 Å². The van der Waals surface area contributed by atoms with E-state index < -0.39 is 0 Å². The van der Waals surface area contributed by atoms with E-state index >= 15 is 0 Å². The molecule has 0 spiro atoms. The fourth-order valence-corrected chi connectivity index (χ4v) is 7.88. The summed E-state index contributed by atoms with van der Waals surface area (Å²) in [5.41, 5.74) is 0.104. The van der Waals surface area contributed by atoms with E-state index in [4.69, 9.17) is 0 Å². The molecular formula is C21H34O3. The predicted molar refractivity (Wildman–Crippen MR) is 93.3 cm³/mol. The van der Waals surface area contributed by atoms with Crippen molar-refractivity contribution in [3.05, 3.63) is 0 Å². The molecule has 4 fully saturated rings. The van der Waals surface area contributed by atoms with Gasteiger partial charge in [0.2, 0.25) is 0 Å². The Kier molecular flexibility index (Phi) is 3.93. The quantitative estimate of drug-likeness (QED) is 0.771. The third kappa shape index (κ3) is 2.19. The molecule has 0 saturated heterocycles. The smallest absolute Gasteiger partial charge is 0.137 e. The van der Waals surface area contributed by atoms with Crippen LogP contribution in [0.15, 0.2) is 0 Å². The minimum atomic E-state index is -0.305. The molecule has 4 saturated carbocycles. The van der Waals surface area contributed by atoms with Gasteiger partial charge >= 0.3 is 0 Å². The predicted octanol–water partition coefficient (Wildman–Crippen LogP) is 3.57. The minimum Gasteiger partial charge on any atom is -0.393 e. The monoisotopic (exact) mass is 334 g/mol. The lowest BCUT2D eigenvalue weighted by Crippen LogP contribution is -2.58. The van der Waals surface area contributed by atoms with E-state index in [0.717, 1.165) is 32.1 Å². The van der Waals surface area contributed by atoms with Crippen LogP contribution < -0.4 is 0 Å². The molecule has 0 unspecified atom stereocenters. The summed E-state index contributed by atoms with van der Waals surface area (Å²) in [5.74, 6) is 2.58. The van der Waals surface area contributed by atoms with Crippen molar-refractivity contribution in [2.24, 2.45) is 40.4 Å². The van der Waals surface area contributed by atoms with Gasteiger partial charge in [0.05, 0.1) is 12.2 Å². The first kappa shape index (κ1) is 17.0. The van der Waals surface area contributed by atoms with E-state index in [0.29, 0.717) is 30.0 Å². The number of hydrogen-bond acceptors (Lipinski definition) is 3. The van der Waals surface area contributed by atoms with E-state index in [-0.39, 0.29) is 34.9 Å². The molecule has 0 aromatic rings. The van der Waals surface area contributed by atoms with Crippen molar-refractivity contribution in [1.29, 1.82) is 0 Å². The van der Waals surface area contributed by atoms with Gasteiger partial charge in [-0.15, -0.1) is 0 Å². The van der Waals surface area contributed by atoms with Gasteiger partial charge in [-0.05, 0) is 86.4 Å². The van der Waals surface area contributed by atoms with Gasteiger partial charge in [0.15, 0.2) is 0 Å². The Morgan fingerprint density at radius 1 is 1.08 bits per heavy atom. The number of carbonyl (C=O) groups is 1. The molecule has 0 bridgehead atoms. The van der Waals surface area contributed by atoms with Gasteiger partial charge in [-0.1, -0.05) is 13.8 Å². The van der Waals surface area contributed by atoms with Crippen molar-refractivity contribution in [3.63, 3.8) is 0 Å². The van der Waals surface area contributed by atoms with E-state index in [1.165, 1.54) is 12.8 Å². The standard InChI is InChI=1S/C21H34O3/c1-12(22)16-6-7-17-15-5-4-13-10-14(23)8-9-20(13,2)19(15)18(24)11-21(16,17)3/h12-17,19,22-23H,4-11H2,1-3H3/t12-,13-,14-,15-,16+,17-,19+,20-,21+/m0/s1. The summed E-state index contributed by atoms with van der Waals surface area (Å²) < 4.78 is 0. The SMILES string of the molecule is C[C@H](O)[C@H]1CC[C@H]2[C@@H]3CC[C@H]4C[C@@H](O)CC[C@]4(C)[C@H]3C(=O)C[C@]12C. The average Bonchev–Trinajstić information content (AvgIpc) is 2.84. The third-order valence-corrected chi connectivity index (χ3v) is 8.98. The van der Waals surface area contributed by atoms with Crippen LogP contribution in [0.2, 0.25) is 0 Å². The Balaban J connectivity index is 1.67. The van der Waals surface area contributed by atoms with E-state index in [9.17, 15) is 15.0 Å². The number of carbonyl (C=O) groups excluding carboxylic acids is 1. The van der Waals surface area contributed by atoms with Crippen LogP contribution in [0.3, 0.4) is 0 Å². The third-order valence-electron chi connectivity index (χ3n) is 8.98. The maximum absolute atomic E-state index is 13.3. The second-order valence-electron chi connectivity index (χ2n) is 10.0. The number of rotatable bonds is 1. The van der Waals surface area contributed by atoms with E-state index in [1.807, 2.05) is 6.92 Å². The Bertz CT molecular complexity index is 529. The lowest BCUT2D eigenvalue weighted by Gasteiger charge is -2.60. The highest BCUT2D eigenvalue weighted by Crippen LogP contribution is 2.66. The van der Waals surface area contributed by atoms with Crippen molar-refractivity contribution in [1.82, 2.24) is 0 Å². The van der Waals surface area contributed by atoms with Gasteiger partial charge < -0.3 is 10.2 Å². The number of Topliss-reactive ketones (excluding diaryl/α,β-unsaturated/α-hetero) is 1.